The molecular weight excluding hydrogens is 486 g/mol. The van der Waals surface area contributed by atoms with E-state index in [1.54, 1.807) is 0 Å². The first kappa shape index (κ1) is 24.3. The lowest BCUT2D eigenvalue weighted by Gasteiger charge is -2.34. The highest BCUT2D eigenvalue weighted by molar-refractivity contribution is 14.0. The molecule has 0 amide bonds. The van der Waals surface area contributed by atoms with E-state index in [1.807, 2.05) is 12.1 Å². The third-order valence-corrected chi connectivity index (χ3v) is 5.41. The SMILES string of the molecule is CCNC(=NCC(c1ccc(F)cc1)N1CCOCC1)N(C)CC1CCOC1.I. The molecule has 0 bridgehead atoms. The van der Waals surface area contributed by atoms with Gasteiger partial charge in [-0.05, 0) is 31.0 Å². The van der Waals surface area contributed by atoms with Crippen LogP contribution < -0.4 is 5.32 Å². The minimum Gasteiger partial charge on any atom is -0.381 e. The molecule has 2 fully saturated rings. The Kier molecular flexibility index (Phi) is 10.6. The number of hydrogen-bond donors (Lipinski definition) is 1. The number of guanidine groups is 1. The summed E-state index contributed by atoms with van der Waals surface area (Å²) in [6.45, 7) is 9.33. The van der Waals surface area contributed by atoms with Crippen molar-refractivity contribution in [3.8, 4) is 0 Å². The molecule has 0 saturated carbocycles. The fraction of sp³-hybridized carbons (Fsp3) is 0.667. The maximum Gasteiger partial charge on any atom is 0.193 e. The molecule has 8 heteroatoms. The van der Waals surface area contributed by atoms with Crippen molar-refractivity contribution in [3.63, 3.8) is 0 Å². The molecule has 2 aliphatic heterocycles. The minimum absolute atomic E-state index is 0. The maximum absolute atomic E-state index is 13.4. The third-order valence-electron chi connectivity index (χ3n) is 5.41. The predicted molar refractivity (Wildman–Crippen MR) is 124 cm³/mol. The molecule has 1 N–H and O–H groups in total. The smallest absolute Gasteiger partial charge is 0.193 e. The van der Waals surface area contributed by atoms with Gasteiger partial charge in [-0.15, -0.1) is 24.0 Å². The van der Waals surface area contributed by atoms with E-state index in [0.717, 1.165) is 70.6 Å². The minimum atomic E-state index is -0.208. The Morgan fingerprint density at radius 3 is 2.59 bits per heavy atom. The molecule has 2 heterocycles. The van der Waals surface area contributed by atoms with E-state index in [0.29, 0.717) is 12.5 Å². The van der Waals surface area contributed by atoms with E-state index in [-0.39, 0.29) is 35.8 Å². The lowest BCUT2D eigenvalue weighted by molar-refractivity contribution is 0.0179. The van der Waals surface area contributed by atoms with Gasteiger partial charge in [-0.25, -0.2) is 4.39 Å². The number of morpholine rings is 1. The monoisotopic (exact) mass is 520 g/mol. The Labute approximate surface area is 190 Å². The van der Waals surface area contributed by atoms with E-state index >= 15 is 0 Å². The fourth-order valence-electron chi connectivity index (χ4n) is 3.85. The molecule has 6 nitrogen and oxygen atoms in total. The van der Waals surface area contributed by atoms with Crippen LogP contribution in [-0.2, 0) is 9.47 Å². The largest absolute Gasteiger partial charge is 0.381 e. The highest BCUT2D eigenvalue weighted by Crippen LogP contribution is 2.23. The number of rotatable bonds is 7. The van der Waals surface area contributed by atoms with E-state index in [9.17, 15) is 4.39 Å². The molecular formula is C21H34FIN4O2. The van der Waals surface area contributed by atoms with Crippen LogP contribution in [0.4, 0.5) is 4.39 Å². The van der Waals surface area contributed by atoms with Gasteiger partial charge in [0.2, 0.25) is 0 Å². The zero-order valence-corrected chi connectivity index (χ0v) is 19.8. The first-order valence-corrected chi connectivity index (χ1v) is 10.3. The molecule has 0 radical (unpaired) electrons. The van der Waals surface area contributed by atoms with Gasteiger partial charge in [0.1, 0.15) is 5.82 Å². The summed E-state index contributed by atoms with van der Waals surface area (Å²) >= 11 is 0. The molecule has 3 rings (SSSR count). The molecule has 2 unspecified atom stereocenters. The fourth-order valence-corrected chi connectivity index (χ4v) is 3.85. The normalized spacial score (nSPS) is 21.5. The summed E-state index contributed by atoms with van der Waals surface area (Å²) in [6, 6.07) is 6.92. The quantitative estimate of drug-likeness (QED) is 0.341. The first-order valence-electron chi connectivity index (χ1n) is 10.3. The van der Waals surface area contributed by atoms with E-state index in [4.69, 9.17) is 14.5 Å². The van der Waals surface area contributed by atoms with Crippen molar-refractivity contribution in [2.45, 2.75) is 19.4 Å². The Morgan fingerprint density at radius 2 is 1.97 bits per heavy atom. The average molecular weight is 520 g/mol. The van der Waals surface area contributed by atoms with E-state index < -0.39 is 0 Å². The molecule has 29 heavy (non-hydrogen) atoms. The highest BCUT2D eigenvalue weighted by Gasteiger charge is 2.24. The summed E-state index contributed by atoms with van der Waals surface area (Å²) in [7, 11) is 2.08. The van der Waals surface area contributed by atoms with Crippen molar-refractivity contribution in [1.82, 2.24) is 15.1 Å². The second-order valence-corrected chi connectivity index (χ2v) is 7.52. The van der Waals surface area contributed by atoms with Gasteiger partial charge in [-0.2, -0.15) is 0 Å². The number of benzene rings is 1. The van der Waals surface area contributed by atoms with Crippen LogP contribution in [0, 0.1) is 11.7 Å². The van der Waals surface area contributed by atoms with Crippen molar-refractivity contribution in [1.29, 1.82) is 0 Å². The number of hydrogen-bond acceptors (Lipinski definition) is 4. The van der Waals surface area contributed by atoms with Crippen molar-refractivity contribution in [3.05, 3.63) is 35.6 Å². The van der Waals surface area contributed by atoms with Crippen molar-refractivity contribution in [2.24, 2.45) is 10.9 Å². The van der Waals surface area contributed by atoms with Gasteiger partial charge in [0.25, 0.3) is 0 Å². The maximum atomic E-state index is 13.4. The summed E-state index contributed by atoms with van der Waals surface area (Å²) in [5, 5.41) is 3.41. The zero-order valence-electron chi connectivity index (χ0n) is 17.5. The van der Waals surface area contributed by atoms with Gasteiger partial charge in [-0.3, -0.25) is 9.89 Å². The Balaban J connectivity index is 0.00000300. The summed E-state index contributed by atoms with van der Waals surface area (Å²) in [5.41, 5.74) is 1.09. The number of nitrogens with one attached hydrogen (secondary N) is 1. The van der Waals surface area contributed by atoms with Crippen LogP contribution in [0.25, 0.3) is 0 Å². The third kappa shape index (κ3) is 7.34. The van der Waals surface area contributed by atoms with E-state index in [2.05, 4.69) is 29.1 Å². The van der Waals surface area contributed by atoms with Crippen LogP contribution in [-0.4, -0.2) is 82.0 Å². The number of nitrogens with zero attached hydrogens (tertiary/aromatic N) is 3. The second kappa shape index (κ2) is 12.7. The summed E-state index contributed by atoms with van der Waals surface area (Å²) in [6.07, 6.45) is 1.11. The van der Waals surface area contributed by atoms with Crippen molar-refractivity contribution in [2.75, 3.05) is 66.2 Å². The molecule has 1 aromatic rings. The highest BCUT2D eigenvalue weighted by atomic mass is 127. The first-order chi connectivity index (χ1) is 13.7. The van der Waals surface area contributed by atoms with Crippen molar-refractivity contribution < 1.29 is 13.9 Å². The Hall–Kier alpha value is -0.970. The van der Waals surface area contributed by atoms with Crippen LogP contribution in [0.5, 0.6) is 0 Å². The lowest BCUT2D eigenvalue weighted by atomic mass is 10.0. The molecule has 0 aliphatic carbocycles. The zero-order chi connectivity index (χ0) is 19.8. The second-order valence-electron chi connectivity index (χ2n) is 7.52. The van der Waals surface area contributed by atoms with Crippen LogP contribution in [0.1, 0.15) is 24.9 Å². The van der Waals surface area contributed by atoms with Gasteiger partial charge < -0.3 is 19.7 Å². The van der Waals surface area contributed by atoms with Crippen LogP contribution in [0.15, 0.2) is 29.3 Å². The van der Waals surface area contributed by atoms with Crippen LogP contribution >= 0.6 is 24.0 Å². The standard InChI is InChI=1S/C21H33FN4O2.HI/c1-3-23-21(25(2)15-17-8-11-28-16-17)24-14-20(26-9-12-27-13-10-26)18-4-6-19(22)7-5-18;/h4-7,17,20H,3,8-16H2,1-2H3,(H,23,24);1H. The molecule has 1 aromatic carbocycles. The summed E-state index contributed by atoms with van der Waals surface area (Å²) < 4.78 is 24.4. The van der Waals surface area contributed by atoms with Gasteiger partial charge >= 0.3 is 0 Å². The lowest BCUT2D eigenvalue weighted by Crippen LogP contribution is -2.43. The Morgan fingerprint density at radius 1 is 1.24 bits per heavy atom. The van der Waals surface area contributed by atoms with E-state index in [1.165, 1.54) is 12.1 Å². The topological polar surface area (TPSA) is 49.3 Å². The van der Waals surface area contributed by atoms with Gasteiger partial charge in [0, 0.05) is 45.8 Å². The molecule has 2 atom stereocenters. The van der Waals surface area contributed by atoms with Gasteiger partial charge in [0.15, 0.2) is 5.96 Å². The molecule has 2 aliphatic rings. The molecule has 2 saturated heterocycles. The van der Waals surface area contributed by atoms with Crippen LogP contribution in [0.2, 0.25) is 0 Å². The summed E-state index contributed by atoms with van der Waals surface area (Å²) in [5.74, 6) is 1.26. The molecule has 0 spiro atoms. The number of halogens is 2. The average Bonchev–Trinajstić information content (AvgIpc) is 3.22. The number of aliphatic imine (C=N–C) groups is 1. The summed E-state index contributed by atoms with van der Waals surface area (Å²) in [4.78, 5) is 9.53. The van der Waals surface area contributed by atoms with Gasteiger partial charge in [0.05, 0.1) is 32.4 Å². The van der Waals surface area contributed by atoms with Gasteiger partial charge in [-0.1, -0.05) is 12.1 Å². The number of ether oxygens (including phenoxy) is 2. The van der Waals surface area contributed by atoms with Crippen LogP contribution in [0.3, 0.4) is 0 Å². The predicted octanol–water partition coefficient (Wildman–Crippen LogP) is 2.75. The molecule has 0 aromatic heterocycles. The molecule has 164 valence electrons. The Bertz CT molecular complexity index is 620. The van der Waals surface area contributed by atoms with Crippen molar-refractivity contribution >= 4 is 29.9 Å².